The van der Waals surface area contributed by atoms with Gasteiger partial charge in [-0.2, -0.15) is 0 Å². The number of carbonyl (C=O) groups is 2. The number of nitrogens with zero attached hydrogens (tertiary/aromatic N) is 2. The van der Waals surface area contributed by atoms with E-state index in [0.29, 0.717) is 11.3 Å². The number of aldehydes is 1. The van der Waals surface area contributed by atoms with Crippen molar-refractivity contribution in [3.8, 4) is 0 Å². The van der Waals surface area contributed by atoms with Crippen LogP contribution in [0.2, 0.25) is 0 Å². The van der Waals surface area contributed by atoms with Crippen molar-refractivity contribution in [1.82, 2.24) is 9.80 Å². The molecule has 0 saturated carbocycles. The van der Waals surface area contributed by atoms with Crippen LogP contribution >= 0.6 is 0 Å². The van der Waals surface area contributed by atoms with Gasteiger partial charge in [0.1, 0.15) is 6.29 Å². The molecule has 1 heterocycles. The molecular weight excluding hydrogens is 254 g/mol. The Morgan fingerprint density at radius 2 is 2.05 bits per heavy atom. The first kappa shape index (κ1) is 14.5. The fraction of sp³-hybridized carbons (Fsp3) is 0.467. The maximum absolute atomic E-state index is 12.3. The number of urea groups is 1. The number of hydrogen-bond acceptors (Lipinski definition) is 3. The van der Waals surface area contributed by atoms with Gasteiger partial charge in [0, 0.05) is 30.9 Å². The third kappa shape index (κ3) is 3.36. The van der Waals surface area contributed by atoms with Crippen molar-refractivity contribution in [1.29, 1.82) is 0 Å². The van der Waals surface area contributed by atoms with E-state index in [2.05, 4.69) is 17.3 Å². The number of nitrogens with one attached hydrogen (secondary N) is 1. The van der Waals surface area contributed by atoms with E-state index < -0.39 is 0 Å². The number of anilines is 1. The molecule has 0 radical (unpaired) electrons. The fourth-order valence-electron chi connectivity index (χ4n) is 2.36. The van der Waals surface area contributed by atoms with Crippen LogP contribution in [0.5, 0.6) is 0 Å². The first-order valence-corrected chi connectivity index (χ1v) is 6.91. The molecule has 2 rings (SSSR count). The molecule has 1 N–H and O–H groups in total. The summed E-state index contributed by atoms with van der Waals surface area (Å²) in [4.78, 5) is 27.3. The van der Waals surface area contributed by atoms with Crippen molar-refractivity contribution < 1.29 is 9.59 Å². The molecule has 1 saturated heterocycles. The highest BCUT2D eigenvalue weighted by atomic mass is 16.2. The van der Waals surface area contributed by atoms with Gasteiger partial charge >= 0.3 is 6.03 Å². The molecule has 108 valence electrons. The highest BCUT2D eigenvalue weighted by Gasteiger charge is 2.18. The van der Waals surface area contributed by atoms with Gasteiger partial charge in [-0.1, -0.05) is 12.1 Å². The summed E-state index contributed by atoms with van der Waals surface area (Å²) in [6.07, 6.45) is 1.79. The minimum Gasteiger partial charge on any atom is -0.323 e. The van der Waals surface area contributed by atoms with Gasteiger partial charge in [0.05, 0.1) is 0 Å². The van der Waals surface area contributed by atoms with Crippen LogP contribution in [0, 0.1) is 6.92 Å². The molecule has 1 aliphatic heterocycles. The lowest BCUT2D eigenvalue weighted by Gasteiger charge is -2.21. The summed E-state index contributed by atoms with van der Waals surface area (Å²) in [7, 11) is 2.07. The number of amides is 2. The molecule has 1 aliphatic rings. The number of benzene rings is 1. The fourth-order valence-corrected chi connectivity index (χ4v) is 2.36. The molecule has 0 aliphatic carbocycles. The molecule has 5 heteroatoms. The highest BCUT2D eigenvalue weighted by Crippen LogP contribution is 2.18. The van der Waals surface area contributed by atoms with Crippen LogP contribution in [0.25, 0.3) is 0 Å². The molecule has 0 aromatic heterocycles. The molecule has 0 unspecified atom stereocenters. The molecule has 1 aromatic rings. The lowest BCUT2D eigenvalue weighted by atomic mass is 10.1. The predicted octanol–water partition coefficient (Wildman–Crippen LogP) is 1.98. The van der Waals surface area contributed by atoms with Gasteiger partial charge in [-0.05, 0) is 38.6 Å². The van der Waals surface area contributed by atoms with Crippen LogP contribution in [0.15, 0.2) is 18.2 Å². The molecule has 1 aromatic carbocycles. The van der Waals surface area contributed by atoms with Crippen LogP contribution < -0.4 is 5.32 Å². The molecule has 5 nitrogen and oxygen atoms in total. The average molecular weight is 275 g/mol. The molecular formula is C15H21N3O2. The zero-order valence-corrected chi connectivity index (χ0v) is 12.1. The van der Waals surface area contributed by atoms with Gasteiger partial charge in [-0.15, -0.1) is 0 Å². The van der Waals surface area contributed by atoms with Crippen molar-refractivity contribution in [2.24, 2.45) is 0 Å². The molecule has 0 bridgehead atoms. The molecule has 0 spiro atoms. The van der Waals surface area contributed by atoms with Gasteiger partial charge in [0.2, 0.25) is 0 Å². The number of carbonyl (C=O) groups excluding carboxylic acids is 2. The maximum Gasteiger partial charge on any atom is 0.321 e. The summed E-state index contributed by atoms with van der Waals surface area (Å²) in [5, 5.41) is 2.91. The van der Waals surface area contributed by atoms with Crippen LogP contribution in [0.1, 0.15) is 22.3 Å². The van der Waals surface area contributed by atoms with Gasteiger partial charge in [-0.3, -0.25) is 4.79 Å². The van der Waals surface area contributed by atoms with Crippen LogP contribution in [0.4, 0.5) is 10.5 Å². The lowest BCUT2D eigenvalue weighted by molar-refractivity contribution is 0.112. The number of likely N-dealkylation sites (N-methyl/N-ethyl adjacent to an activating group) is 1. The smallest absolute Gasteiger partial charge is 0.321 e. The Hall–Kier alpha value is -1.88. The van der Waals surface area contributed by atoms with Gasteiger partial charge in [0.15, 0.2) is 0 Å². The SMILES string of the molecule is Cc1c(C=O)cccc1NC(=O)N1CCCN(C)CC1. The van der Waals surface area contributed by atoms with Gasteiger partial charge in [-0.25, -0.2) is 4.79 Å². The van der Waals surface area contributed by atoms with Crippen molar-refractivity contribution in [2.45, 2.75) is 13.3 Å². The Kier molecular flexibility index (Phi) is 4.74. The van der Waals surface area contributed by atoms with Crippen LogP contribution in [-0.2, 0) is 0 Å². The molecule has 1 fully saturated rings. The molecule has 20 heavy (non-hydrogen) atoms. The second-order valence-electron chi connectivity index (χ2n) is 5.21. The third-order valence-electron chi connectivity index (χ3n) is 3.75. The van der Waals surface area contributed by atoms with Crippen LogP contribution in [-0.4, -0.2) is 55.3 Å². The monoisotopic (exact) mass is 275 g/mol. The minimum atomic E-state index is -0.0913. The lowest BCUT2D eigenvalue weighted by Crippen LogP contribution is -2.37. The molecule has 0 atom stereocenters. The van der Waals surface area contributed by atoms with Crippen molar-refractivity contribution in [2.75, 3.05) is 38.5 Å². The van der Waals surface area contributed by atoms with E-state index in [0.717, 1.165) is 44.4 Å². The van der Waals surface area contributed by atoms with E-state index in [1.165, 1.54) is 0 Å². The van der Waals surface area contributed by atoms with Crippen molar-refractivity contribution >= 4 is 18.0 Å². The summed E-state index contributed by atoms with van der Waals surface area (Å²) in [6.45, 7) is 5.25. The Morgan fingerprint density at radius 1 is 1.25 bits per heavy atom. The summed E-state index contributed by atoms with van der Waals surface area (Å²) < 4.78 is 0. The maximum atomic E-state index is 12.3. The average Bonchev–Trinajstić information content (AvgIpc) is 2.66. The topological polar surface area (TPSA) is 52.7 Å². The van der Waals surface area contributed by atoms with E-state index in [1.807, 2.05) is 17.9 Å². The summed E-state index contributed by atoms with van der Waals surface area (Å²) in [5.74, 6) is 0. The Labute approximate surface area is 119 Å². The zero-order valence-electron chi connectivity index (χ0n) is 12.1. The first-order valence-electron chi connectivity index (χ1n) is 6.91. The summed E-state index contributed by atoms with van der Waals surface area (Å²) in [6, 6.07) is 5.26. The first-order chi connectivity index (χ1) is 9.61. The Morgan fingerprint density at radius 3 is 2.80 bits per heavy atom. The van der Waals surface area contributed by atoms with Crippen molar-refractivity contribution in [3.63, 3.8) is 0 Å². The second kappa shape index (κ2) is 6.52. The standard InChI is InChI=1S/C15H21N3O2/c1-12-13(11-19)5-3-6-14(12)16-15(20)18-8-4-7-17(2)9-10-18/h3,5-6,11H,4,7-10H2,1-2H3,(H,16,20). The number of hydrogen-bond donors (Lipinski definition) is 1. The zero-order chi connectivity index (χ0) is 14.5. The highest BCUT2D eigenvalue weighted by molar-refractivity contribution is 5.92. The van der Waals surface area contributed by atoms with Gasteiger partial charge < -0.3 is 15.1 Å². The van der Waals surface area contributed by atoms with E-state index >= 15 is 0 Å². The summed E-state index contributed by atoms with van der Waals surface area (Å²) >= 11 is 0. The van der Waals surface area contributed by atoms with E-state index in [9.17, 15) is 9.59 Å². The van der Waals surface area contributed by atoms with Gasteiger partial charge in [0.25, 0.3) is 0 Å². The van der Waals surface area contributed by atoms with E-state index in [-0.39, 0.29) is 6.03 Å². The van der Waals surface area contributed by atoms with E-state index in [4.69, 9.17) is 0 Å². The summed E-state index contributed by atoms with van der Waals surface area (Å²) in [5.41, 5.74) is 2.12. The van der Waals surface area contributed by atoms with Crippen molar-refractivity contribution in [3.05, 3.63) is 29.3 Å². The van der Waals surface area contributed by atoms with E-state index in [1.54, 1.807) is 12.1 Å². The quantitative estimate of drug-likeness (QED) is 0.840. The number of rotatable bonds is 2. The predicted molar refractivity (Wildman–Crippen MR) is 79.3 cm³/mol. The third-order valence-corrected chi connectivity index (χ3v) is 3.75. The normalized spacial score (nSPS) is 16.6. The molecule has 2 amide bonds. The minimum absolute atomic E-state index is 0.0913. The second-order valence-corrected chi connectivity index (χ2v) is 5.21. The van der Waals surface area contributed by atoms with Crippen LogP contribution in [0.3, 0.4) is 0 Å². The Bertz CT molecular complexity index is 502. The Balaban J connectivity index is 2.06. The largest absolute Gasteiger partial charge is 0.323 e.